The van der Waals surface area contributed by atoms with Crippen LogP contribution in [0.2, 0.25) is 5.02 Å². The zero-order valence-electron chi connectivity index (χ0n) is 13.7. The number of fused-ring (bicyclic) bond motifs is 1. The summed E-state index contributed by atoms with van der Waals surface area (Å²) >= 11 is 7.17. The molecule has 0 aliphatic heterocycles. The Kier molecular flexibility index (Phi) is 5.30. The van der Waals surface area contributed by atoms with Gasteiger partial charge in [0.05, 0.1) is 5.25 Å². The number of rotatable bonds is 5. The van der Waals surface area contributed by atoms with E-state index in [1.54, 1.807) is 49.2 Å². The largest absolute Gasteiger partial charge is 0.431 e. The van der Waals surface area contributed by atoms with Crippen molar-refractivity contribution in [2.45, 2.75) is 23.9 Å². The molecule has 3 aromatic rings. The fourth-order valence-electron chi connectivity index (χ4n) is 2.43. The van der Waals surface area contributed by atoms with Gasteiger partial charge >= 0.3 is 0 Å². The monoisotopic (exact) mass is 378 g/mol. The van der Waals surface area contributed by atoms with Crippen LogP contribution in [0.1, 0.15) is 12.5 Å². The van der Waals surface area contributed by atoms with Crippen LogP contribution in [0.5, 0.6) is 0 Å². The van der Waals surface area contributed by atoms with E-state index >= 15 is 0 Å². The van der Waals surface area contributed by atoms with Gasteiger partial charge in [-0.1, -0.05) is 35.5 Å². The van der Waals surface area contributed by atoms with E-state index in [-0.39, 0.29) is 17.0 Å². The molecule has 0 aliphatic rings. The fourth-order valence-corrected chi connectivity index (χ4v) is 3.46. The minimum absolute atomic E-state index is 0.0884. The van der Waals surface area contributed by atoms with Crippen LogP contribution in [0.15, 0.2) is 52.1 Å². The van der Waals surface area contributed by atoms with Crippen LogP contribution in [0, 0.1) is 5.82 Å². The van der Waals surface area contributed by atoms with Gasteiger partial charge < -0.3 is 9.32 Å². The number of carbonyl (C=O) groups is 1. The van der Waals surface area contributed by atoms with Crippen molar-refractivity contribution in [2.24, 2.45) is 0 Å². The maximum Gasteiger partial charge on any atom is 0.257 e. The van der Waals surface area contributed by atoms with Gasteiger partial charge in [0.1, 0.15) is 11.3 Å². The minimum Gasteiger partial charge on any atom is -0.431 e. The SMILES string of the molecule is CC(Sc1nc2ccc(Cl)cc2o1)C(=O)N(C)Cc1cccc(F)c1. The first-order valence-corrected chi connectivity index (χ1v) is 8.90. The summed E-state index contributed by atoms with van der Waals surface area (Å²) in [4.78, 5) is 18.4. The van der Waals surface area contributed by atoms with Crippen molar-refractivity contribution in [1.29, 1.82) is 0 Å². The first-order valence-electron chi connectivity index (χ1n) is 7.64. The molecule has 130 valence electrons. The molecule has 1 atom stereocenters. The van der Waals surface area contributed by atoms with E-state index in [9.17, 15) is 9.18 Å². The summed E-state index contributed by atoms with van der Waals surface area (Å²) < 4.78 is 18.9. The molecule has 0 spiro atoms. The molecule has 4 nitrogen and oxygen atoms in total. The van der Waals surface area contributed by atoms with Gasteiger partial charge in [-0.15, -0.1) is 0 Å². The quantitative estimate of drug-likeness (QED) is 0.600. The summed E-state index contributed by atoms with van der Waals surface area (Å²) in [5, 5.41) is 0.596. The highest BCUT2D eigenvalue weighted by Gasteiger charge is 2.21. The molecule has 0 aliphatic carbocycles. The summed E-state index contributed by atoms with van der Waals surface area (Å²) in [6.07, 6.45) is 0. The fraction of sp³-hybridized carbons (Fsp3) is 0.222. The molecule has 3 rings (SSSR count). The Balaban J connectivity index is 1.66. The molecule has 0 saturated heterocycles. The number of benzene rings is 2. The Morgan fingerprint density at radius 3 is 2.92 bits per heavy atom. The van der Waals surface area contributed by atoms with Crippen LogP contribution in [0.4, 0.5) is 4.39 Å². The highest BCUT2D eigenvalue weighted by atomic mass is 35.5. The van der Waals surface area contributed by atoms with Crippen LogP contribution >= 0.6 is 23.4 Å². The molecule has 0 radical (unpaired) electrons. The molecule has 2 aromatic carbocycles. The van der Waals surface area contributed by atoms with Crippen molar-refractivity contribution in [2.75, 3.05) is 7.05 Å². The number of aromatic nitrogens is 1. The lowest BCUT2D eigenvalue weighted by atomic mass is 10.2. The zero-order chi connectivity index (χ0) is 18.0. The van der Waals surface area contributed by atoms with E-state index in [4.69, 9.17) is 16.0 Å². The molecular formula is C18H16ClFN2O2S. The van der Waals surface area contributed by atoms with Crippen molar-refractivity contribution in [3.8, 4) is 0 Å². The van der Waals surface area contributed by atoms with Crippen LogP contribution in [0.3, 0.4) is 0 Å². The lowest BCUT2D eigenvalue weighted by Crippen LogP contribution is -2.32. The Hall–Kier alpha value is -2.05. The highest BCUT2D eigenvalue weighted by Crippen LogP contribution is 2.29. The highest BCUT2D eigenvalue weighted by molar-refractivity contribution is 8.00. The maximum absolute atomic E-state index is 13.3. The topological polar surface area (TPSA) is 46.3 Å². The Labute approximate surface area is 154 Å². The predicted octanol–water partition coefficient (Wildman–Crippen LogP) is 4.76. The minimum atomic E-state index is -0.387. The molecule has 1 heterocycles. The third kappa shape index (κ3) is 4.32. The number of hydrogen-bond acceptors (Lipinski definition) is 4. The van der Waals surface area contributed by atoms with E-state index in [1.165, 1.54) is 23.9 Å². The summed E-state index contributed by atoms with van der Waals surface area (Å²) in [5.74, 6) is -0.402. The first-order chi connectivity index (χ1) is 11.9. The molecule has 0 fully saturated rings. The second kappa shape index (κ2) is 7.45. The average Bonchev–Trinajstić information content (AvgIpc) is 2.95. The van der Waals surface area contributed by atoms with Crippen molar-refractivity contribution >= 4 is 40.4 Å². The summed E-state index contributed by atoms with van der Waals surface area (Å²) in [6, 6.07) is 11.4. The van der Waals surface area contributed by atoms with Crippen LogP contribution in [0.25, 0.3) is 11.1 Å². The van der Waals surface area contributed by atoms with Crippen molar-refractivity contribution in [3.05, 3.63) is 58.9 Å². The number of carbonyl (C=O) groups excluding carboxylic acids is 1. The molecule has 1 amide bonds. The maximum atomic E-state index is 13.3. The van der Waals surface area contributed by atoms with E-state index < -0.39 is 0 Å². The number of hydrogen-bond donors (Lipinski definition) is 0. The van der Waals surface area contributed by atoms with Gasteiger partial charge in [0.2, 0.25) is 5.91 Å². The van der Waals surface area contributed by atoms with Gasteiger partial charge in [-0.2, -0.15) is 0 Å². The number of oxazole rings is 1. The van der Waals surface area contributed by atoms with Gasteiger partial charge in [-0.05, 0) is 36.8 Å². The molecule has 0 saturated carbocycles. The average molecular weight is 379 g/mol. The van der Waals surface area contributed by atoms with Gasteiger partial charge in [0, 0.05) is 24.7 Å². The van der Waals surface area contributed by atoms with Gasteiger partial charge in [0.15, 0.2) is 5.58 Å². The second-order valence-electron chi connectivity index (χ2n) is 5.68. The standard InChI is InChI=1S/C18H16ClFN2O2S/c1-11(17(23)22(2)10-12-4-3-5-14(20)8-12)25-18-21-15-7-6-13(19)9-16(15)24-18/h3-9,11H,10H2,1-2H3. The number of halogens is 2. The van der Waals surface area contributed by atoms with Crippen LogP contribution < -0.4 is 0 Å². The van der Waals surface area contributed by atoms with Crippen LogP contribution in [-0.2, 0) is 11.3 Å². The Morgan fingerprint density at radius 1 is 1.36 bits per heavy atom. The lowest BCUT2D eigenvalue weighted by Gasteiger charge is -2.20. The molecule has 1 unspecified atom stereocenters. The number of nitrogens with zero attached hydrogens (tertiary/aromatic N) is 2. The molecular weight excluding hydrogens is 363 g/mol. The lowest BCUT2D eigenvalue weighted by molar-refractivity contribution is -0.129. The third-order valence-corrected chi connectivity index (χ3v) is 4.81. The molecule has 0 bridgehead atoms. The second-order valence-corrected chi connectivity index (χ2v) is 7.40. The molecule has 25 heavy (non-hydrogen) atoms. The van der Waals surface area contributed by atoms with Gasteiger partial charge in [0.25, 0.3) is 5.22 Å². The predicted molar refractivity (Wildman–Crippen MR) is 97.2 cm³/mol. The third-order valence-electron chi connectivity index (χ3n) is 3.64. The van der Waals surface area contributed by atoms with Gasteiger partial charge in [-0.3, -0.25) is 4.79 Å². The summed E-state index contributed by atoms with van der Waals surface area (Å²) in [7, 11) is 1.69. The smallest absolute Gasteiger partial charge is 0.257 e. The van der Waals surface area contributed by atoms with Crippen molar-refractivity contribution in [1.82, 2.24) is 9.88 Å². The van der Waals surface area contributed by atoms with E-state index in [0.29, 0.717) is 27.9 Å². The van der Waals surface area contributed by atoms with Crippen molar-refractivity contribution in [3.63, 3.8) is 0 Å². The molecule has 1 aromatic heterocycles. The Morgan fingerprint density at radius 2 is 2.16 bits per heavy atom. The summed E-state index contributed by atoms with van der Waals surface area (Å²) in [6.45, 7) is 2.13. The van der Waals surface area contributed by atoms with E-state index in [0.717, 1.165) is 5.56 Å². The Bertz CT molecular complexity index is 915. The normalized spacial score (nSPS) is 12.3. The zero-order valence-corrected chi connectivity index (χ0v) is 15.3. The first kappa shape index (κ1) is 17.8. The summed E-state index contributed by atoms with van der Waals surface area (Å²) in [5.41, 5.74) is 2.02. The van der Waals surface area contributed by atoms with Gasteiger partial charge in [-0.25, -0.2) is 9.37 Å². The van der Waals surface area contributed by atoms with Crippen molar-refractivity contribution < 1.29 is 13.6 Å². The number of amides is 1. The van der Waals surface area contributed by atoms with Crippen LogP contribution in [-0.4, -0.2) is 28.1 Å². The molecule has 0 N–H and O–H groups in total. The molecule has 7 heteroatoms. The van der Waals surface area contributed by atoms with E-state index in [2.05, 4.69) is 4.98 Å². The number of thioether (sulfide) groups is 1. The van der Waals surface area contributed by atoms with E-state index in [1.807, 2.05) is 0 Å².